The normalized spacial score (nSPS) is 13.0. The van der Waals surface area contributed by atoms with E-state index in [1.807, 2.05) is 13.0 Å². The Morgan fingerprint density at radius 2 is 2.20 bits per heavy atom. The van der Waals surface area contributed by atoms with Gasteiger partial charge in [-0.05, 0) is 0 Å². The van der Waals surface area contributed by atoms with Crippen LogP contribution in [0.4, 0.5) is 0 Å². The topological polar surface area (TPSA) is 37.3 Å². The fourth-order valence-corrected chi connectivity index (χ4v) is 1.73. The number of benzene rings is 1. The second-order valence-corrected chi connectivity index (χ2v) is 4.10. The molecule has 1 N–H and O–H groups in total. The van der Waals surface area contributed by atoms with E-state index in [1.165, 1.54) is 0 Å². The second-order valence-electron chi connectivity index (χ2n) is 2.07. The SMILES string of the molecule is Cc1cccc([Se](=O)O)c1. The van der Waals surface area contributed by atoms with Crippen LogP contribution in [0, 0.1) is 6.92 Å². The van der Waals surface area contributed by atoms with Crippen molar-refractivity contribution in [2.75, 3.05) is 0 Å². The molecule has 1 atom stereocenters. The molecule has 3 heteroatoms. The van der Waals surface area contributed by atoms with Gasteiger partial charge in [0.05, 0.1) is 0 Å². The van der Waals surface area contributed by atoms with Crippen molar-refractivity contribution in [3.05, 3.63) is 29.8 Å². The standard InChI is InChI=1S/C7H8O2Se/c1-6-3-2-4-7(5-6)10(8)9/h2-5H,1H3,(H,8,9). The first-order chi connectivity index (χ1) is 4.70. The number of rotatable bonds is 1. The van der Waals surface area contributed by atoms with Crippen LogP contribution in [0.15, 0.2) is 24.3 Å². The van der Waals surface area contributed by atoms with Gasteiger partial charge < -0.3 is 0 Å². The third-order valence-electron chi connectivity index (χ3n) is 1.19. The molecule has 0 aliphatic heterocycles. The van der Waals surface area contributed by atoms with E-state index in [0.717, 1.165) is 5.56 Å². The summed E-state index contributed by atoms with van der Waals surface area (Å²) in [6.07, 6.45) is 0. The molecule has 1 aromatic carbocycles. The summed E-state index contributed by atoms with van der Waals surface area (Å²) in [7, 11) is 0. The van der Waals surface area contributed by atoms with E-state index in [4.69, 9.17) is 4.19 Å². The Morgan fingerprint density at radius 1 is 1.50 bits per heavy atom. The Balaban J connectivity index is 3.07. The van der Waals surface area contributed by atoms with Crippen LogP contribution in [0.5, 0.6) is 0 Å². The van der Waals surface area contributed by atoms with Gasteiger partial charge in [0.15, 0.2) is 0 Å². The molecule has 0 aromatic heterocycles. The quantitative estimate of drug-likeness (QED) is 0.658. The second kappa shape index (κ2) is 3.06. The van der Waals surface area contributed by atoms with Crippen LogP contribution in [0.25, 0.3) is 0 Å². The monoisotopic (exact) mass is 204 g/mol. The van der Waals surface area contributed by atoms with Gasteiger partial charge in [-0.3, -0.25) is 0 Å². The average Bonchev–Trinajstić information content (AvgIpc) is 1.88. The molecule has 54 valence electrons. The Hall–Kier alpha value is -0.501. The van der Waals surface area contributed by atoms with E-state index in [0.29, 0.717) is 4.46 Å². The fourth-order valence-electron chi connectivity index (χ4n) is 0.724. The zero-order chi connectivity index (χ0) is 7.56. The number of hydrogen-bond donors (Lipinski definition) is 1. The van der Waals surface area contributed by atoms with Crippen molar-refractivity contribution in [1.82, 2.24) is 0 Å². The molecule has 0 spiro atoms. The Kier molecular flexibility index (Phi) is 2.33. The number of aryl methyl sites for hydroxylation is 1. The van der Waals surface area contributed by atoms with Crippen molar-refractivity contribution in [3.63, 3.8) is 0 Å². The van der Waals surface area contributed by atoms with E-state index in [2.05, 4.69) is 0 Å². The maximum atomic E-state index is 10.6. The van der Waals surface area contributed by atoms with Gasteiger partial charge in [-0.2, -0.15) is 0 Å². The van der Waals surface area contributed by atoms with Crippen LogP contribution in [0.1, 0.15) is 5.56 Å². The molecule has 1 aromatic rings. The predicted octanol–water partition coefficient (Wildman–Crippen LogP) is 0.113. The zero-order valence-electron chi connectivity index (χ0n) is 5.57. The van der Waals surface area contributed by atoms with Crippen LogP contribution in [-0.4, -0.2) is 18.4 Å². The summed E-state index contributed by atoms with van der Waals surface area (Å²) in [6.45, 7) is 1.90. The molecule has 1 rings (SSSR count). The minimum absolute atomic E-state index is 0.556. The first-order valence-corrected chi connectivity index (χ1v) is 5.20. The van der Waals surface area contributed by atoms with E-state index in [1.54, 1.807) is 18.2 Å². The zero-order valence-corrected chi connectivity index (χ0v) is 7.29. The molecule has 0 heterocycles. The van der Waals surface area contributed by atoms with Gasteiger partial charge in [0.1, 0.15) is 0 Å². The molecule has 1 unspecified atom stereocenters. The third-order valence-corrected chi connectivity index (χ3v) is 2.57. The number of hydrogen-bond acceptors (Lipinski definition) is 1. The summed E-state index contributed by atoms with van der Waals surface area (Å²) in [5, 5.41) is 0. The molecule has 0 amide bonds. The fraction of sp³-hybridized carbons (Fsp3) is 0.143. The average molecular weight is 203 g/mol. The molecule has 2 nitrogen and oxygen atoms in total. The molecule has 10 heavy (non-hydrogen) atoms. The third kappa shape index (κ3) is 1.74. The Labute approximate surface area is 63.9 Å². The van der Waals surface area contributed by atoms with E-state index in [9.17, 15) is 3.83 Å². The first kappa shape index (κ1) is 7.60. The minimum atomic E-state index is -2.69. The van der Waals surface area contributed by atoms with Gasteiger partial charge >= 0.3 is 63.4 Å². The van der Waals surface area contributed by atoms with Crippen molar-refractivity contribution in [1.29, 1.82) is 0 Å². The van der Waals surface area contributed by atoms with Gasteiger partial charge in [-0.15, -0.1) is 0 Å². The van der Waals surface area contributed by atoms with E-state index < -0.39 is 14.2 Å². The van der Waals surface area contributed by atoms with Crippen molar-refractivity contribution in [3.8, 4) is 0 Å². The van der Waals surface area contributed by atoms with E-state index in [-0.39, 0.29) is 0 Å². The van der Waals surface area contributed by atoms with Crippen molar-refractivity contribution >= 4 is 18.6 Å². The Bertz CT molecular complexity index is 258. The predicted molar refractivity (Wildman–Crippen MR) is 39.5 cm³/mol. The van der Waals surface area contributed by atoms with Crippen LogP contribution < -0.4 is 4.46 Å². The summed E-state index contributed by atoms with van der Waals surface area (Å²) < 4.78 is 19.8. The molecule has 0 aliphatic carbocycles. The molecular weight excluding hydrogens is 195 g/mol. The van der Waals surface area contributed by atoms with Crippen molar-refractivity contribution in [2.24, 2.45) is 0 Å². The molecule has 0 saturated carbocycles. The molecule has 0 aliphatic rings. The first-order valence-electron chi connectivity index (χ1n) is 2.87. The van der Waals surface area contributed by atoms with Gasteiger partial charge in [-0.25, -0.2) is 0 Å². The summed E-state index contributed by atoms with van der Waals surface area (Å²) >= 11 is -2.69. The summed E-state index contributed by atoms with van der Waals surface area (Å²) in [5.41, 5.74) is 1.02. The van der Waals surface area contributed by atoms with Crippen LogP contribution in [-0.2, 0) is 3.83 Å². The van der Waals surface area contributed by atoms with Crippen LogP contribution in [0.2, 0.25) is 0 Å². The summed E-state index contributed by atoms with van der Waals surface area (Å²) in [6, 6.07) is 7.09. The van der Waals surface area contributed by atoms with Gasteiger partial charge in [0.2, 0.25) is 0 Å². The molecular formula is C7H8O2Se. The van der Waals surface area contributed by atoms with E-state index >= 15 is 0 Å². The van der Waals surface area contributed by atoms with Crippen molar-refractivity contribution in [2.45, 2.75) is 6.92 Å². The van der Waals surface area contributed by atoms with Gasteiger partial charge in [0, 0.05) is 0 Å². The molecule has 0 radical (unpaired) electrons. The van der Waals surface area contributed by atoms with Crippen molar-refractivity contribution < 1.29 is 8.02 Å². The maximum absolute atomic E-state index is 10.6. The Morgan fingerprint density at radius 3 is 2.60 bits per heavy atom. The summed E-state index contributed by atoms with van der Waals surface area (Å²) in [4.78, 5) is 0. The summed E-state index contributed by atoms with van der Waals surface area (Å²) in [5.74, 6) is 0. The molecule has 0 bridgehead atoms. The van der Waals surface area contributed by atoms with Crippen LogP contribution in [0.3, 0.4) is 0 Å². The van der Waals surface area contributed by atoms with Crippen LogP contribution >= 0.6 is 0 Å². The molecule has 0 saturated heterocycles. The van der Waals surface area contributed by atoms with Gasteiger partial charge in [-0.1, -0.05) is 0 Å². The molecule has 0 fully saturated rings. The van der Waals surface area contributed by atoms with Gasteiger partial charge in [0.25, 0.3) is 0 Å².